The number of carbonyl (C=O) groups is 3. The molecule has 7 nitrogen and oxygen atoms in total. The number of rotatable bonds is 7. The zero-order chi connectivity index (χ0) is 20.0. The van der Waals surface area contributed by atoms with E-state index < -0.39 is 24.5 Å². The summed E-state index contributed by atoms with van der Waals surface area (Å²) in [6.07, 6.45) is 0. The van der Waals surface area contributed by atoms with Crippen LogP contribution in [0.4, 0.5) is 0 Å². The minimum absolute atomic E-state index is 0.0920. The topological polar surface area (TPSA) is 97.6 Å². The van der Waals surface area contributed by atoms with Crippen LogP contribution < -0.4 is 10.6 Å². The first kappa shape index (κ1) is 20.8. The highest BCUT2D eigenvalue weighted by molar-refractivity contribution is 6.43. The fraction of sp³-hybridized carbons (Fsp3) is 0.278. The number of amides is 2. The van der Waals surface area contributed by atoms with Crippen molar-refractivity contribution in [3.05, 3.63) is 46.1 Å². The average molecular weight is 413 g/mol. The Morgan fingerprint density at radius 1 is 1.19 bits per heavy atom. The van der Waals surface area contributed by atoms with Crippen molar-refractivity contribution in [3.63, 3.8) is 0 Å². The molecule has 0 spiro atoms. The van der Waals surface area contributed by atoms with Gasteiger partial charge in [-0.25, -0.2) is 4.79 Å². The van der Waals surface area contributed by atoms with E-state index in [0.29, 0.717) is 27.9 Å². The van der Waals surface area contributed by atoms with Crippen LogP contribution >= 0.6 is 23.2 Å². The van der Waals surface area contributed by atoms with Crippen molar-refractivity contribution in [2.75, 3.05) is 13.2 Å². The van der Waals surface area contributed by atoms with Crippen LogP contribution in [0.5, 0.6) is 0 Å². The number of hydrogen-bond acceptors (Lipinski definition) is 5. The summed E-state index contributed by atoms with van der Waals surface area (Å²) in [6, 6.07) is 7.24. The number of nitrogens with one attached hydrogen (secondary N) is 2. The third-order valence-corrected chi connectivity index (χ3v) is 4.30. The summed E-state index contributed by atoms with van der Waals surface area (Å²) in [6.45, 7) is 3.20. The first-order chi connectivity index (χ1) is 12.8. The number of benzene rings is 1. The van der Waals surface area contributed by atoms with Crippen molar-refractivity contribution < 1.29 is 23.5 Å². The molecule has 0 bridgehead atoms. The van der Waals surface area contributed by atoms with E-state index in [9.17, 15) is 14.4 Å². The maximum Gasteiger partial charge on any atom is 0.374 e. The second-order valence-electron chi connectivity index (χ2n) is 5.53. The summed E-state index contributed by atoms with van der Waals surface area (Å²) in [5.74, 6) is -1.51. The van der Waals surface area contributed by atoms with Crippen molar-refractivity contribution in [2.45, 2.75) is 19.9 Å². The zero-order valence-corrected chi connectivity index (χ0v) is 16.2. The summed E-state index contributed by atoms with van der Waals surface area (Å²) in [7, 11) is 0. The number of carbonyl (C=O) groups excluding carboxylic acids is 3. The second kappa shape index (κ2) is 9.43. The first-order valence-corrected chi connectivity index (χ1v) is 8.87. The molecule has 2 aromatic rings. The quantitative estimate of drug-likeness (QED) is 0.680. The molecule has 27 heavy (non-hydrogen) atoms. The first-order valence-electron chi connectivity index (χ1n) is 8.11. The predicted octanol–water partition coefficient (Wildman–Crippen LogP) is 3.05. The zero-order valence-electron chi connectivity index (χ0n) is 14.7. The molecule has 1 aromatic carbocycles. The molecule has 1 aromatic heterocycles. The number of esters is 1. The molecule has 2 N–H and O–H groups in total. The van der Waals surface area contributed by atoms with Crippen molar-refractivity contribution in [3.8, 4) is 11.3 Å². The van der Waals surface area contributed by atoms with E-state index in [2.05, 4.69) is 10.6 Å². The summed E-state index contributed by atoms with van der Waals surface area (Å²) in [5.41, 5.74) is 0.525. The smallest absolute Gasteiger partial charge is 0.374 e. The lowest BCUT2D eigenvalue weighted by Crippen LogP contribution is -2.46. The van der Waals surface area contributed by atoms with Gasteiger partial charge in [0.15, 0.2) is 6.61 Å². The molecule has 2 rings (SSSR count). The van der Waals surface area contributed by atoms with Gasteiger partial charge in [-0.05, 0) is 38.1 Å². The number of ether oxygens (including phenoxy) is 1. The highest BCUT2D eigenvalue weighted by Gasteiger charge is 2.19. The number of halogens is 2. The van der Waals surface area contributed by atoms with Crippen molar-refractivity contribution in [2.24, 2.45) is 0 Å². The fourth-order valence-electron chi connectivity index (χ4n) is 2.16. The van der Waals surface area contributed by atoms with Crippen LogP contribution in [-0.4, -0.2) is 37.0 Å². The summed E-state index contributed by atoms with van der Waals surface area (Å²) in [5, 5.41) is 5.65. The molecule has 2 amide bonds. The van der Waals surface area contributed by atoms with Crippen LogP contribution in [0.15, 0.2) is 34.7 Å². The van der Waals surface area contributed by atoms with Crippen molar-refractivity contribution in [1.82, 2.24) is 10.6 Å². The van der Waals surface area contributed by atoms with E-state index in [4.69, 9.17) is 32.4 Å². The van der Waals surface area contributed by atoms with Crippen LogP contribution in [0.1, 0.15) is 24.4 Å². The lowest BCUT2D eigenvalue weighted by molar-refractivity contribution is -0.130. The van der Waals surface area contributed by atoms with Gasteiger partial charge in [-0.2, -0.15) is 0 Å². The molecule has 0 radical (unpaired) electrons. The summed E-state index contributed by atoms with van der Waals surface area (Å²) < 4.78 is 10.3. The third kappa shape index (κ3) is 5.48. The molecule has 0 aliphatic rings. The normalized spacial score (nSPS) is 11.6. The van der Waals surface area contributed by atoms with E-state index in [-0.39, 0.29) is 11.7 Å². The minimum atomic E-state index is -0.819. The van der Waals surface area contributed by atoms with Gasteiger partial charge in [0, 0.05) is 12.1 Å². The van der Waals surface area contributed by atoms with E-state index >= 15 is 0 Å². The summed E-state index contributed by atoms with van der Waals surface area (Å²) >= 11 is 12.1. The molecule has 0 unspecified atom stereocenters. The second-order valence-corrected chi connectivity index (χ2v) is 6.31. The number of hydrogen-bond donors (Lipinski definition) is 2. The maximum atomic E-state index is 12.0. The van der Waals surface area contributed by atoms with Crippen LogP contribution in [0.25, 0.3) is 11.3 Å². The Bertz CT molecular complexity index is 850. The van der Waals surface area contributed by atoms with Gasteiger partial charge in [0.05, 0.1) is 10.0 Å². The minimum Gasteiger partial charge on any atom is -0.450 e. The Labute approximate surface area is 166 Å². The highest BCUT2D eigenvalue weighted by atomic mass is 35.5. The number of furan rings is 1. The molecular formula is C18H18Cl2N2O5. The van der Waals surface area contributed by atoms with E-state index in [0.717, 1.165) is 0 Å². The van der Waals surface area contributed by atoms with Gasteiger partial charge in [-0.15, -0.1) is 0 Å². The van der Waals surface area contributed by atoms with Gasteiger partial charge in [0.2, 0.25) is 11.7 Å². The fourth-order valence-corrected chi connectivity index (χ4v) is 2.56. The Morgan fingerprint density at radius 3 is 2.63 bits per heavy atom. The molecule has 0 saturated carbocycles. The standard InChI is InChI=1S/C18H18Cl2N2O5/c1-3-21-17(24)10(2)22-15(23)9-26-18(25)14-8-7-13(27-14)11-5-4-6-12(19)16(11)20/h4-8,10H,3,9H2,1-2H3,(H,21,24)(H,22,23)/t10-/m1/s1. The summed E-state index contributed by atoms with van der Waals surface area (Å²) in [4.78, 5) is 35.4. The van der Waals surface area contributed by atoms with Crippen LogP contribution in [-0.2, 0) is 14.3 Å². The van der Waals surface area contributed by atoms with Crippen molar-refractivity contribution >= 4 is 41.0 Å². The van der Waals surface area contributed by atoms with Gasteiger partial charge < -0.3 is 19.8 Å². The van der Waals surface area contributed by atoms with Crippen LogP contribution in [0.3, 0.4) is 0 Å². The Balaban J connectivity index is 1.94. The SMILES string of the molecule is CCNC(=O)[C@@H](C)NC(=O)COC(=O)c1ccc(-c2cccc(Cl)c2Cl)o1. The molecule has 0 saturated heterocycles. The number of likely N-dealkylation sites (N-methyl/N-ethyl adjacent to an activating group) is 1. The molecule has 1 heterocycles. The molecule has 1 atom stereocenters. The Morgan fingerprint density at radius 2 is 1.93 bits per heavy atom. The molecule has 144 valence electrons. The monoisotopic (exact) mass is 412 g/mol. The molecule has 0 aliphatic carbocycles. The third-order valence-electron chi connectivity index (χ3n) is 3.48. The van der Waals surface area contributed by atoms with E-state index in [1.54, 1.807) is 31.2 Å². The van der Waals surface area contributed by atoms with Crippen LogP contribution in [0, 0.1) is 0 Å². The Hall–Kier alpha value is -2.51. The predicted molar refractivity (Wildman–Crippen MR) is 101 cm³/mol. The van der Waals surface area contributed by atoms with Gasteiger partial charge >= 0.3 is 5.97 Å². The molecule has 0 fully saturated rings. The molecular weight excluding hydrogens is 395 g/mol. The molecule has 0 aliphatic heterocycles. The lowest BCUT2D eigenvalue weighted by atomic mass is 10.2. The highest BCUT2D eigenvalue weighted by Crippen LogP contribution is 2.34. The van der Waals surface area contributed by atoms with Crippen LogP contribution in [0.2, 0.25) is 10.0 Å². The van der Waals surface area contributed by atoms with Gasteiger partial charge in [-0.1, -0.05) is 29.3 Å². The maximum absolute atomic E-state index is 12.0. The lowest BCUT2D eigenvalue weighted by Gasteiger charge is -2.13. The average Bonchev–Trinajstić information content (AvgIpc) is 3.12. The Kier molecular flexibility index (Phi) is 7.27. The van der Waals surface area contributed by atoms with Gasteiger partial charge in [-0.3, -0.25) is 9.59 Å². The van der Waals surface area contributed by atoms with Gasteiger partial charge in [0.25, 0.3) is 5.91 Å². The van der Waals surface area contributed by atoms with E-state index in [1.165, 1.54) is 13.0 Å². The van der Waals surface area contributed by atoms with Gasteiger partial charge in [0.1, 0.15) is 11.8 Å². The van der Waals surface area contributed by atoms with Crippen molar-refractivity contribution in [1.29, 1.82) is 0 Å². The molecule has 9 heteroatoms. The van der Waals surface area contributed by atoms with E-state index in [1.807, 2.05) is 0 Å². The largest absolute Gasteiger partial charge is 0.450 e.